The van der Waals surface area contributed by atoms with Crippen LogP contribution in [0.4, 0.5) is 0 Å². The van der Waals surface area contributed by atoms with Gasteiger partial charge in [0.1, 0.15) is 0 Å². The zero-order valence-corrected chi connectivity index (χ0v) is 10.4. The molecule has 0 aromatic carbocycles. The summed E-state index contributed by atoms with van der Waals surface area (Å²) in [4.78, 5) is 0. The van der Waals surface area contributed by atoms with Crippen LogP contribution in [0.25, 0.3) is 0 Å². The monoisotopic (exact) mass is 227 g/mol. The van der Waals surface area contributed by atoms with Crippen molar-refractivity contribution in [2.45, 2.75) is 63.7 Å². The van der Waals surface area contributed by atoms with Gasteiger partial charge in [-0.2, -0.15) is 0 Å². The molecule has 1 N–H and O–H groups in total. The van der Waals surface area contributed by atoms with Crippen molar-refractivity contribution in [1.82, 2.24) is 5.32 Å². The van der Waals surface area contributed by atoms with Crippen LogP contribution in [0, 0.1) is 0 Å². The Bertz CT molecular complexity index is 192. The van der Waals surface area contributed by atoms with Gasteiger partial charge in [-0.05, 0) is 52.0 Å². The minimum atomic E-state index is 0.428. The van der Waals surface area contributed by atoms with Gasteiger partial charge in [-0.15, -0.1) is 0 Å². The third-order valence-corrected chi connectivity index (χ3v) is 3.66. The quantitative estimate of drug-likeness (QED) is 0.798. The predicted molar refractivity (Wildman–Crippen MR) is 64.6 cm³/mol. The molecule has 0 amide bonds. The highest BCUT2D eigenvalue weighted by Crippen LogP contribution is 2.16. The molecular weight excluding hydrogens is 202 g/mol. The van der Waals surface area contributed by atoms with Gasteiger partial charge in [0.05, 0.1) is 12.2 Å². The van der Waals surface area contributed by atoms with Gasteiger partial charge in [-0.1, -0.05) is 0 Å². The molecular formula is C13H25NO2. The molecule has 2 aliphatic rings. The normalized spacial score (nSPS) is 36.2. The van der Waals surface area contributed by atoms with E-state index >= 15 is 0 Å². The van der Waals surface area contributed by atoms with Gasteiger partial charge in [0.15, 0.2) is 0 Å². The largest absolute Gasteiger partial charge is 0.378 e. The molecule has 16 heavy (non-hydrogen) atoms. The van der Waals surface area contributed by atoms with Crippen LogP contribution in [0.15, 0.2) is 0 Å². The van der Waals surface area contributed by atoms with Gasteiger partial charge in [-0.3, -0.25) is 0 Å². The first-order valence-electron chi connectivity index (χ1n) is 6.81. The molecule has 2 aliphatic heterocycles. The lowest BCUT2D eigenvalue weighted by Crippen LogP contribution is -2.39. The summed E-state index contributed by atoms with van der Waals surface area (Å²) in [6.07, 6.45) is 8.29. The van der Waals surface area contributed by atoms with Gasteiger partial charge < -0.3 is 14.8 Å². The number of nitrogens with one attached hydrogen (secondary N) is 1. The molecule has 0 aromatic heterocycles. The molecule has 94 valence electrons. The van der Waals surface area contributed by atoms with E-state index in [1.165, 1.54) is 25.7 Å². The molecule has 3 atom stereocenters. The SMILES string of the molecule is CC1CC(NCCC2CCCCO2)CCO1. The summed E-state index contributed by atoms with van der Waals surface area (Å²) in [5.41, 5.74) is 0. The van der Waals surface area contributed by atoms with Crippen LogP contribution in [-0.2, 0) is 9.47 Å². The highest BCUT2D eigenvalue weighted by atomic mass is 16.5. The van der Waals surface area contributed by atoms with Gasteiger partial charge in [0, 0.05) is 19.3 Å². The fraction of sp³-hybridized carbons (Fsp3) is 1.00. The van der Waals surface area contributed by atoms with Gasteiger partial charge in [0.25, 0.3) is 0 Å². The standard InChI is InChI=1S/C13H25NO2/c1-11-10-12(6-9-15-11)14-7-5-13-4-2-3-8-16-13/h11-14H,2-10H2,1H3. The third-order valence-electron chi connectivity index (χ3n) is 3.66. The molecule has 2 saturated heterocycles. The van der Waals surface area contributed by atoms with Gasteiger partial charge in [-0.25, -0.2) is 0 Å². The Labute approximate surface area is 98.9 Å². The maximum Gasteiger partial charge on any atom is 0.0587 e. The summed E-state index contributed by atoms with van der Waals surface area (Å²) < 4.78 is 11.3. The highest BCUT2D eigenvalue weighted by Gasteiger charge is 2.19. The number of ether oxygens (including phenoxy) is 2. The number of hydrogen-bond acceptors (Lipinski definition) is 3. The number of rotatable bonds is 4. The van der Waals surface area contributed by atoms with E-state index in [1.807, 2.05) is 0 Å². The van der Waals surface area contributed by atoms with Crippen molar-refractivity contribution in [2.75, 3.05) is 19.8 Å². The molecule has 3 nitrogen and oxygen atoms in total. The molecule has 3 unspecified atom stereocenters. The minimum absolute atomic E-state index is 0.428. The molecule has 0 aromatic rings. The zero-order valence-electron chi connectivity index (χ0n) is 10.4. The van der Waals surface area contributed by atoms with E-state index in [-0.39, 0.29) is 0 Å². The van der Waals surface area contributed by atoms with Crippen LogP contribution in [0.3, 0.4) is 0 Å². The Morgan fingerprint density at radius 3 is 2.81 bits per heavy atom. The first-order valence-corrected chi connectivity index (χ1v) is 6.81. The molecule has 0 aliphatic carbocycles. The van der Waals surface area contributed by atoms with E-state index in [9.17, 15) is 0 Å². The van der Waals surface area contributed by atoms with Crippen molar-refractivity contribution in [1.29, 1.82) is 0 Å². The summed E-state index contributed by atoms with van der Waals surface area (Å²) >= 11 is 0. The predicted octanol–water partition coefficient (Wildman–Crippen LogP) is 2.10. The molecule has 0 bridgehead atoms. The van der Waals surface area contributed by atoms with Gasteiger partial charge >= 0.3 is 0 Å². The van der Waals surface area contributed by atoms with Crippen molar-refractivity contribution in [2.24, 2.45) is 0 Å². The van der Waals surface area contributed by atoms with E-state index in [1.54, 1.807) is 0 Å². The van der Waals surface area contributed by atoms with E-state index < -0.39 is 0 Å². The second-order valence-electron chi connectivity index (χ2n) is 5.13. The maximum absolute atomic E-state index is 5.72. The topological polar surface area (TPSA) is 30.5 Å². The highest BCUT2D eigenvalue weighted by molar-refractivity contribution is 4.75. The Kier molecular flexibility index (Phi) is 5.07. The van der Waals surface area contributed by atoms with Gasteiger partial charge in [0.2, 0.25) is 0 Å². The Morgan fingerprint density at radius 1 is 1.12 bits per heavy atom. The van der Waals surface area contributed by atoms with Crippen LogP contribution in [0.5, 0.6) is 0 Å². The van der Waals surface area contributed by atoms with Crippen LogP contribution in [0.1, 0.15) is 45.4 Å². The summed E-state index contributed by atoms with van der Waals surface area (Å²) in [5, 5.41) is 3.64. The summed E-state index contributed by atoms with van der Waals surface area (Å²) in [6, 6.07) is 0.660. The van der Waals surface area contributed by atoms with Crippen molar-refractivity contribution in [3.63, 3.8) is 0 Å². The van der Waals surface area contributed by atoms with Crippen molar-refractivity contribution in [3.8, 4) is 0 Å². The molecule has 0 spiro atoms. The smallest absolute Gasteiger partial charge is 0.0587 e. The Balaban J connectivity index is 1.56. The number of hydrogen-bond donors (Lipinski definition) is 1. The first kappa shape index (κ1) is 12.3. The van der Waals surface area contributed by atoms with Crippen LogP contribution < -0.4 is 5.32 Å². The van der Waals surface area contributed by atoms with Crippen LogP contribution in [0.2, 0.25) is 0 Å². The summed E-state index contributed by atoms with van der Waals surface area (Å²) in [5.74, 6) is 0. The molecule has 2 fully saturated rings. The lowest BCUT2D eigenvalue weighted by atomic mass is 10.0. The van der Waals surface area contributed by atoms with E-state index in [0.29, 0.717) is 18.2 Å². The second kappa shape index (κ2) is 6.58. The molecule has 3 heteroatoms. The van der Waals surface area contributed by atoms with E-state index in [0.717, 1.165) is 32.6 Å². The average Bonchev–Trinajstić information content (AvgIpc) is 2.30. The zero-order chi connectivity index (χ0) is 11.2. The summed E-state index contributed by atoms with van der Waals surface area (Å²) in [7, 11) is 0. The van der Waals surface area contributed by atoms with Crippen LogP contribution >= 0.6 is 0 Å². The lowest BCUT2D eigenvalue weighted by Gasteiger charge is -2.29. The fourth-order valence-corrected chi connectivity index (χ4v) is 2.67. The minimum Gasteiger partial charge on any atom is -0.378 e. The Morgan fingerprint density at radius 2 is 2.06 bits per heavy atom. The van der Waals surface area contributed by atoms with Crippen LogP contribution in [-0.4, -0.2) is 38.0 Å². The first-order chi connectivity index (χ1) is 7.84. The second-order valence-corrected chi connectivity index (χ2v) is 5.13. The fourth-order valence-electron chi connectivity index (χ4n) is 2.67. The van der Waals surface area contributed by atoms with Crippen molar-refractivity contribution >= 4 is 0 Å². The third kappa shape index (κ3) is 4.04. The van der Waals surface area contributed by atoms with E-state index in [2.05, 4.69) is 12.2 Å². The average molecular weight is 227 g/mol. The molecule has 2 rings (SSSR count). The Hall–Kier alpha value is -0.120. The lowest BCUT2D eigenvalue weighted by molar-refractivity contribution is 0.00322. The van der Waals surface area contributed by atoms with E-state index in [4.69, 9.17) is 9.47 Å². The molecule has 0 saturated carbocycles. The molecule has 2 heterocycles. The maximum atomic E-state index is 5.72. The van der Waals surface area contributed by atoms with Crippen molar-refractivity contribution in [3.05, 3.63) is 0 Å². The van der Waals surface area contributed by atoms with Crippen molar-refractivity contribution < 1.29 is 9.47 Å². The summed E-state index contributed by atoms with van der Waals surface area (Å²) in [6.45, 7) is 5.15. The molecule has 0 radical (unpaired) electrons.